The topological polar surface area (TPSA) is 122 Å². The molecular formula is C34H39Cl2N5O6S. The molecule has 0 saturated carbocycles. The van der Waals surface area contributed by atoms with Crippen LogP contribution in [0.4, 0.5) is 0 Å². The molecule has 3 saturated heterocycles. The van der Waals surface area contributed by atoms with Gasteiger partial charge in [-0.05, 0) is 56.2 Å². The van der Waals surface area contributed by atoms with Crippen LogP contribution in [0.25, 0.3) is 0 Å². The van der Waals surface area contributed by atoms with E-state index in [1.54, 1.807) is 29.3 Å². The molecule has 0 spiro atoms. The minimum Gasteiger partial charge on any atom is -0.468 e. The van der Waals surface area contributed by atoms with Crippen molar-refractivity contribution in [3.63, 3.8) is 0 Å². The summed E-state index contributed by atoms with van der Waals surface area (Å²) in [6.45, 7) is 2.22. The third-order valence-electron chi connectivity index (χ3n) is 10.4. The highest BCUT2D eigenvalue weighted by molar-refractivity contribution is 7.09. The van der Waals surface area contributed by atoms with Crippen molar-refractivity contribution in [3.05, 3.63) is 61.7 Å². The molecule has 4 aliphatic heterocycles. The number of aromatic nitrogens is 1. The first-order chi connectivity index (χ1) is 23.2. The monoisotopic (exact) mass is 715 g/mol. The molecule has 2 aromatic rings. The van der Waals surface area contributed by atoms with E-state index in [0.717, 1.165) is 43.5 Å². The molecule has 4 unspecified atom stereocenters. The Balaban J connectivity index is 1.33. The van der Waals surface area contributed by atoms with Crippen molar-refractivity contribution in [2.24, 2.45) is 10.9 Å². The molecule has 0 aliphatic carbocycles. The van der Waals surface area contributed by atoms with Crippen LogP contribution in [-0.2, 0) is 35.1 Å². The van der Waals surface area contributed by atoms with Gasteiger partial charge in [0.05, 0.1) is 42.6 Å². The van der Waals surface area contributed by atoms with Crippen molar-refractivity contribution in [2.45, 2.75) is 69.0 Å². The molecule has 2 amide bonds. The number of piperazine rings is 1. The fourth-order valence-electron chi connectivity index (χ4n) is 8.13. The number of esters is 2. The number of hydrogen-bond acceptors (Lipinski definition) is 10. The van der Waals surface area contributed by atoms with Gasteiger partial charge >= 0.3 is 11.9 Å². The average molecular weight is 717 g/mol. The van der Waals surface area contributed by atoms with Gasteiger partial charge in [0.1, 0.15) is 5.92 Å². The number of rotatable bonds is 10. The minimum atomic E-state index is -1.05. The highest BCUT2D eigenvalue weighted by atomic mass is 35.5. The van der Waals surface area contributed by atoms with E-state index in [9.17, 15) is 19.2 Å². The highest BCUT2D eigenvalue weighted by Crippen LogP contribution is 2.48. The number of methoxy groups -OCH3 is 2. The van der Waals surface area contributed by atoms with Crippen molar-refractivity contribution in [1.82, 2.24) is 19.7 Å². The van der Waals surface area contributed by atoms with Crippen molar-refractivity contribution >= 4 is 64.5 Å². The van der Waals surface area contributed by atoms with Gasteiger partial charge in [0, 0.05) is 71.9 Å². The molecule has 0 radical (unpaired) electrons. The van der Waals surface area contributed by atoms with E-state index in [-0.39, 0.29) is 39.3 Å². The van der Waals surface area contributed by atoms with E-state index in [0.29, 0.717) is 56.3 Å². The molecule has 1 aromatic heterocycles. The average Bonchev–Trinajstić information content (AvgIpc) is 3.69. The first kappa shape index (κ1) is 34.5. The molecule has 5 heterocycles. The lowest BCUT2D eigenvalue weighted by Crippen LogP contribution is -2.64. The number of carbonyl (C=O) groups excluding carboxylic acids is 4. The van der Waals surface area contributed by atoms with Crippen LogP contribution < -0.4 is 0 Å². The Morgan fingerprint density at radius 3 is 2.44 bits per heavy atom. The second kappa shape index (κ2) is 14.7. The standard InChI is InChI=1S/C34H39Cl2N5O6S/c1-46-32(44)29-24(8-9-26-37-13-18-48-26)38-25(30(33(45)47-2)31(29)28-22(35)6-3-7-23(28)36)19-27(43)39-14-16-40(17-15-39)34-11-4-5-21(10-12-34)41(34)20-42/h3,6-7,13,18,20-21,29,31H,4-5,8-12,14-17,19H2,1-2H3. The lowest BCUT2D eigenvalue weighted by Gasteiger charge is -2.52. The fourth-order valence-corrected chi connectivity index (χ4v) is 9.38. The van der Waals surface area contributed by atoms with Gasteiger partial charge in [-0.1, -0.05) is 29.3 Å². The molecule has 256 valence electrons. The minimum absolute atomic E-state index is 0.0487. The van der Waals surface area contributed by atoms with Crippen LogP contribution in [0.15, 0.2) is 46.0 Å². The summed E-state index contributed by atoms with van der Waals surface area (Å²) >= 11 is 14.9. The smallest absolute Gasteiger partial charge is 0.336 e. The van der Waals surface area contributed by atoms with E-state index in [4.69, 9.17) is 37.7 Å². The first-order valence-electron chi connectivity index (χ1n) is 16.3. The summed E-state index contributed by atoms with van der Waals surface area (Å²) in [6.07, 6.45) is 8.37. The summed E-state index contributed by atoms with van der Waals surface area (Å²) in [5.74, 6) is -3.61. The number of carbonyl (C=O) groups is 4. The van der Waals surface area contributed by atoms with Crippen LogP contribution in [0.3, 0.4) is 0 Å². The predicted octanol–water partition coefficient (Wildman–Crippen LogP) is 4.87. The van der Waals surface area contributed by atoms with Gasteiger partial charge in [0.2, 0.25) is 12.3 Å². The van der Waals surface area contributed by atoms with E-state index in [2.05, 4.69) is 9.88 Å². The van der Waals surface area contributed by atoms with Crippen molar-refractivity contribution < 1.29 is 28.7 Å². The fraction of sp³-hybridized carbons (Fsp3) is 0.529. The second-order valence-corrected chi connectivity index (χ2v) is 14.4. The van der Waals surface area contributed by atoms with Crippen LogP contribution in [0, 0.1) is 5.92 Å². The summed E-state index contributed by atoms with van der Waals surface area (Å²) in [6, 6.07) is 5.25. The number of hydrogen-bond donors (Lipinski definition) is 0. The molecular weight excluding hydrogens is 677 g/mol. The van der Waals surface area contributed by atoms with Gasteiger partial charge in [0.25, 0.3) is 0 Å². The Hall–Kier alpha value is -3.32. The van der Waals surface area contributed by atoms with E-state index in [1.165, 1.54) is 25.6 Å². The Morgan fingerprint density at radius 2 is 1.79 bits per heavy atom. The number of thiazole rings is 1. The normalized spacial score (nSPS) is 25.9. The lowest BCUT2D eigenvalue weighted by atomic mass is 9.74. The number of nitrogens with zero attached hydrogens (tertiary/aromatic N) is 5. The first-order valence-corrected chi connectivity index (χ1v) is 17.9. The van der Waals surface area contributed by atoms with Gasteiger partial charge in [0.15, 0.2) is 0 Å². The molecule has 6 rings (SSSR count). The van der Waals surface area contributed by atoms with Gasteiger partial charge in [-0.3, -0.25) is 24.3 Å². The van der Waals surface area contributed by atoms with Crippen molar-refractivity contribution in [3.8, 4) is 0 Å². The lowest BCUT2D eigenvalue weighted by molar-refractivity contribution is -0.146. The van der Waals surface area contributed by atoms with Crippen LogP contribution in [0.2, 0.25) is 10.0 Å². The zero-order valence-electron chi connectivity index (χ0n) is 27.0. The molecule has 3 fully saturated rings. The molecule has 2 bridgehead atoms. The summed E-state index contributed by atoms with van der Waals surface area (Å²) < 4.78 is 10.5. The SMILES string of the molecule is COC(=O)C1=C(CC(=O)N2CCN(C34CCCC(CC3)N4C=O)CC2)N=C(CCc2nccs2)C(C(=O)OC)C1c1c(Cl)cccc1Cl. The van der Waals surface area contributed by atoms with Gasteiger partial charge in [-0.2, -0.15) is 0 Å². The summed E-state index contributed by atoms with van der Waals surface area (Å²) in [5.41, 5.74) is 0.788. The molecule has 48 heavy (non-hydrogen) atoms. The zero-order chi connectivity index (χ0) is 34.0. The van der Waals surface area contributed by atoms with Crippen LogP contribution in [0.5, 0.6) is 0 Å². The number of aliphatic imine (C=N–C) groups is 1. The Kier molecular flexibility index (Phi) is 10.5. The number of amides is 2. The van der Waals surface area contributed by atoms with Crippen LogP contribution in [-0.4, -0.2) is 102 Å². The number of halogens is 2. The largest absolute Gasteiger partial charge is 0.468 e. The van der Waals surface area contributed by atoms with E-state index >= 15 is 0 Å². The zero-order valence-corrected chi connectivity index (χ0v) is 29.4. The maximum atomic E-state index is 14.0. The molecule has 4 aliphatic rings. The third kappa shape index (κ3) is 6.39. The van der Waals surface area contributed by atoms with Crippen LogP contribution in [0.1, 0.15) is 61.4 Å². The molecule has 4 atom stereocenters. The number of fused-ring (bicyclic) bond motifs is 2. The predicted molar refractivity (Wildman–Crippen MR) is 182 cm³/mol. The highest BCUT2D eigenvalue weighted by Gasteiger charge is 2.52. The van der Waals surface area contributed by atoms with Gasteiger partial charge in [-0.25, -0.2) is 9.78 Å². The van der Waals surface area contributed by atoms with E-state index < -0.39 is 23.8 Å². The Bertz CT molecular complexity index is 1600. The number of piperidine rings is 1. The van der Waals surface area contributed by atoms with Crippen LogP contribution >= 0.6 is 34.5 Å². The summed E-state index contributed by atoms with van der Waals surface area (Å²) in [5, 5.41) is 3.24. The van der Waals surface area contributed by atoms with Gasteiger partial charge < -0.3 is 19.3 Å². The number of ether oxygens (including phenoxy) is 2. The Morgan fingerprint density at radius 1 is 1.04 bits per heavy atom. The van der Waals surface area contributed by atoms with Crippen molar-refractivity contribution in [2.75, 3.05) is 40.4 Å². The van der Waals surface area contributed by atoms with E-state index in [1.807, 2.05) is 10.3 Å². The maximum absolute atomic E-state index is 14.0. The maximum Gasteiger partial charge on any atom is 0.336 e. The Labute approximate surface area is 293 Å². The summed E-state index contributed by atoms with van der Waals surface area (Å²) in [7, 11) is 2.52. The second-order valence-electron chi connectivity index (χ2n) is 12.6. The summed E-state index contributed by atoms with van der Waals surface area (Å²) in [4.78, 5) is 68.7. The quantitative estimate of drug-likeness (QED) is 0.252. The van der Waals surface area contributed by atoms with Gasteiger partial charge in [-0.15, -0.1) is 11.3 Å². The number of aryl methyl sites for hydroxylation is 1. The molecule has 14 heteroatoms. The molecule has 1 aromatic carbocycles. The molecule has 0 N–H and O–H groups in total. The molecule has 11 nitrogen and oxygen atoms in total. The van der Waals surface area contributed by atoms with Crippen molar-refractivity contribution in [1.29, 1.82) is 0 Å². The third-order valence-corrected chi connectivity index (χ3v) is 11.9. The number of benzene rings is 1.